The first kappa shape index (κ1) is 10.1. The Balaban J connectivity index is 2.32. The van der Waals surface area contributed by atoms with Crippen LogP contribution in [0.3, 0.4) is 0 Å². The standard InChI is InChI=1S/C12H24/c1-5-7-10(3)12(4)9-11(12)8-6-2/h10-11H,5-9H2,1-4H3. The molecule has 1 rings (SSSR count). The fraction of sp³-hybridized carbons (Fsp3) is 1.00. The van der Waals surface area contributed by atoms with Gasteiger partial charge in [0.05, 0.1) is 0 Å². The second-order valence-electron chi connectivity index (χ2n) is 4.89. The van der Waals surface area contributed by atoms with Gasteiger partial charge in [-0.05, 0) is 23.7 Å². The predicted molar refractivity (Wildman–Crippen MR) is 55.2 cm³/mol. The van der Waals surface area contributed by atoms with Crippen LogP contribution in [-0.2, 0) is 0 Å². The summed E-state index contributed by atoms with van der Waals surface area (Å²) in [4.78, 5) is 0. The number of rotatable bonds is 5. The summed E-state index contributed by atoms with van der Waals surface area (Å²) in [6, 6.07) is 0. The average molecular weight is 168 g/mol. The van der Waals surface area contributed by atoms with Crippen molar-refractivity contribution < 1.29 is 0 Å². The van der Waals surface area contributed by atoms with E-state index in [2.05, 4.69) is 27.7 Å². The van der Waals surface area contributed by atoms with E-state index in [0.717, 1.165) is 17.3 Å². The van der Waals surface area contributed by atoms with Crippen LogP contribution in [0.1, 0.15) is 59.8 Å². The highest BCUT2D eigenvalue weighted by atomic mass is 14.6. The molecule has 0 aliphatic heterocycles. The zero-order chi connectivity index (χ0) is 9.19. The first-order valence-electron chi connectivity index (χ1n) is 5.65. The number of hydrogen-bond donors (Lipinski definition) is 0. The Hall–Kier alpha value is 0. The molecule has 0 heterocycles. The van der Waals surface area contributed by atoms with Crippen LogP contribution in [0.15, 0.2) is 0 Å². The highest BCUT2D eigenvalue weighted by molar-refractivity contribution is 5.01. The molecule has 0 aromatic heterocycles. The van der Waals surface area contributed by atoms with Crippen molar-refractivity contribution in [1.29, 1.82) is 0 Å². The average Bonchev–Trinajstić information content (AvgIpc) is 2.65. The van der Waals surface area contributed by atoms with Gasteiger partial charge in [-0.3, -0.25) is 0 Å². The molecular formula is C12H24. The minimum absolute atomic E-state index is 0.728. The molecule has 0 radical (unpaired) electrons. The lowest BCUT2D eigenvalue weighted by Gasteiger charge is -2.19. The van der Waals surface area contributed by atoms with Crippen LogP contribution in [0.5, 0.6) is 0 Å². The Labute approximate surface area is 77.7 Å². The zero-order valence-corrected chi connectivity index (χ0v) is 9.19. The Bertz CT molecular complexity index is 139. The van der Waals surface area contributed by atoms with Crippen molar-refractivity contribution in [3.05, 3.63) is 0 Å². The summed E-state index contributed by atoms with van der Waals surface area (Å²) in [7, 11) is 0. The van der Waals surface area contributed by atoms with Crippen molar-refractivity contribution in [2.45, 2.75) is 59.8 Å². The minimum Gasteiger partial charge on any atom is -0.0654 e. The maximum absolute atomic E-state index is 2.49. The van der Waals surface area contributed by atoms with Gasteiger partial charge in [0.25, 0.3) is 0 Å². The van der Waals surface area contributed by atoms with Crippen molar-refractivity contribution in [3.8, 4) is 0 Å². The van der Waals surface area contributed by atoms with Gasteiger partial charge in [-0.1, -0.05) is 53.4 Å². The molecule has 1 aliphatic rings. The fourth-order valence-corrected chi connectivity index (χ4v) is 2.62. The van der Waals surface area contributed by atoms with E-state index in [9.17, 15) is 0 Å². The lowest BCUT2D eigenvalue weighted by Crippen LogP contribution is -2.11. The number of hydrogen-bond acceptors (Lipinski definition) is 0. The molecule has 72 valence electrons. The molecule has 0 N–H and O–H groups in total. The van der Waals surface area contributed by atoms with Crippen LogP contribution in [0.4, 0.5) is 0 Å². The van der Waals surface area contributed by atoms with Gasteiger partial charge in [-0.2, -0.15) is 0 Å². The largest absolute Gasteiger partial charge is 0.0654 e. The maximum Gasteiger partial charge on any atom is -0.0269 e. The van der Waals surface area contributed by atoms with E-state index in [1.165, 1.54) is 32.1 Å². The van der Waals surface area contributed by atoms with Crippen molar-refractivity contribution in [3.63, 3.8) is 0 Å². The summed E-state index contributed by atoms with van der Waals surface area (Å²) in [6.45, 7) is 9.55. The molecule has 1 saturated carbocycles. The molecule has 0 aromatic rings. The summed E-state index contributed by atoms with van der Waals surface area (Å²) in [6.07, 6.45) is 7.12. The van der Waals surface area contributed by atoms with E-state index in [4.69, 9.17) is 0 Å². The second kappa shape index (κ2) is 3.81. The van der Waals surface area contributed by atoms with E-state index in [1.54, 1.807) is 0 Å². The first-order valence-corrected chi connectivity index (χ1v) is 5.65. The van der Waals surface area contributed by atoms with Gasteiger partial charge in [0.2, 0.25) is 0 Å². The third-order valence-corrected chi connectivity index (χ3v) is 3.94. The monoisotopic (exact) mass is 168 g/mol. The molecule has 0 bridgehead atoms. The smallest absolute Gasteiger partial charge is 0.0269 e. The zero-order valence-electron chi connectivity index (χ0n) is 9.19. The first-order chi connectivity index (χ1) is 5.65. The second-order valence-corrected chi connectivity index (χ2v) is 4.89. The maximum atomic E-state index is 2.49. The summed E-state index contributed by atoms with van der Waals surface area (Å²) in [5, 5.41) is 0. The van der Waals surface area contributed by atoms with E-state index in [0.29, 0.717) is 0 Å². The van der Waals surface area contributed by atoms with Gasteiger partial charge >= 0.3 is 0 Å². The van der Waals surface area contributed by atoms with Crippen molar-refractivity contribution in [2.24, 2.45) is 17.3 Å². The van der Waals surface area contributed by atoms with Gasteiger partial charge in [0, 0.05) is 0 Å². The van der Waals surface area contributed by atoms with Gasteiger partial charge in [-0.25, -0.2) is 0 Å². The third-order valence-electron chi connectivity index (χ3n) is 3.94. The summed E-state index contributed by atoms with van der Waals surface area (Å²) < 4.78 is 0. The summed E-state index contributed by atoms with van der Waals surface area (Å²) in [5.41, 5.74) is 0.728. The molecule has 1 aliphatic carbocycles. The molecule has 0 aromatic carbocycles. The van der Waals surface area contributed by atoms with Gasteiger partial charge in [0.15, 0.2) is 0 Å². The summed E-state index contributed by atoms with van der Waals surface area (Å²) >= 11 is 0. The molecule has 0 spiro atoms. The normalized spacial score (nSPS) is 36.5. The topological polar surface area (TPSA) is 0 Å². The molecule has 3 unspecified atom stereocenters. The van der Waals surface area contributed by atoms with Crippen LogP contribution >= 0.6 is 0 Å². The molecule has 1 fully saturated rings. The van der Waals surface area contributed by atoms with E-state index < -0.39 is 0 Å². The summed E-state index contributed by atoms with van der Waals surface area (Å²) in [5.74, 6) is 2.02. The lowest BCUT2D eigenvalue weighted by atomic mass is 9.86. The van der Waals surface area contributed by atoms with Crippen molar-refractivity contribution in [1.82, 2.24) is 0 Å². The van der Waals surface area contributed by atoms with Crippen LogP contribution in [0.2, 0.25) is 0 Å². The Morgan fingerprint density at radius 2 is 2.00 bits per heavy atom. The molecule has 0 amide bonds. The van der Waals surface area contributed by atoms with Crippen LogP contribution < -0.4 is 0 Å². The van der Waals surface area contributed by atoms with E-state index >= 15 is 0 Å². The SMILES string of the molecule is CCCC(C)C1(C)CC1CCC. The van der Waals surface area contributed by atoms with Crippen molar-refractivity contribution in [2.75, 3.05) is 0 Å². The van der Waals surface area contributed by atoms with Gasteiger partial charge in [0.1, 0.15) is 0 Å². The Morgan fingerprint density at radius 3 is 2.50 bits per heavy atom. The molecule has 3 atom stereocenters. The molecule has 0 nitrogen and oxygen atoms in total. The minimum atomic E-state index is 0.728. The van der Waals surface area contributed by atoms with Gasteiger partial charge < -0.3 is 0 Å². The van der Waals surface area contributed by atoms with E-state index in [1.807, 2.05) is 0 Å². The Morgan fingerprint density at radius 1 is 1.33 bits per heavy atom. The third kappa shape index (κ3) is 1.84. The molecule has 0 saturated heterocycles. The van der Waals surface area contributed by atoms with Crippen LogP contribution in [0, 0.1) is 17.3 Å². The Kier molecular flexibility index (Phi) is 3.20. The van der Waals surface area contributed by atoms with E-state index in [-0.39, 0.29) is 0 Å². The van der Waals surface area contributed by atoms with Crippen LogP contribution in [-0.4, -0.2) is 0 Å². The lowest BCUT2D eigenvalue weighted by molar-refractivity contribution is 0.303. The fourth-order valence-electron chi connectivity index (χ4n) is 2.62. The molecule has 12 heavy (non-hydrogen) atoms. The quantitative estimate of drug-likeness (QED) is 0.575. The van der Waals surface area contributed by atoms with Crippen molar-refractivity contribution >= 4 is 0 Å². The van der Waals surface area contributed by atoms with Crippen LogP contribution in [0.25, 0.3) is 0 Å². The highest BCUT2D eigenvalue weighted by Crippen LogP contribution is 2.60. The highest BCUT2D eigenvalue weighted by Gasteiger charge is 2.51. The predicted octanol–water partition coefficient (Wildman–Crippen LogP) is 4.25. The molecule has 0 heteroatoms. The van der Waals surface area contributed by atoms with Gasteiger partial charge in [-0.15, -0.1) is 0 Å². The molecular weight excluding hydrogens is 144 g/mol.